The van der Waals surface area contributed by atoms with Crippen LogP contribution in [0.3, 0.4) is 0 Å². The summed E-state index contributed by atoms with van der Waals surface area (Å²) in [6, 6.07) is 20.4. The number of hydrogen-bond acceptors (Lipinski definition) is 6. The molecule has 2 unspecified atom stereocenters. The van der Waals surface area contributed by atoms with E-state index >= 15 is 0 Å². The highest BCUT2D eigenvalue weighted by molar-refractivity contribution is 8.13. The molecule has 0 saturated heterocycles. The zero-order valence-corrected chi connectivity index (χ0v) is 19.7. The standard InChI is InChI=1S/C24H27NO2S3/c1-3-28-21(26)15-19-23(17-11-7-5-8-12-17)24(18-13-9-6-10-14-18)20(30-25-19)16-22(27)29-4-2/h5-14,19-20,25H,3-4,15-16H2,1-2H3. The summed E-state index contributed by atoms with van der Waals surface area (Å²) in [6.45, 7) is 4.01. The fraction of sp³-hybridized carbons (Fsp3) is 0.333. The van der Waals surface area contributed by atoms with Gasteiger partial charge < -0.3 is 0 Å². The molecule has 0 radical (unpaired) electrons. The summed E-state index contributed by atoms with van der Waals surface area (Å²) in [5.41, 5.74) is 4.51. The Labute approximate surface area is 192 Å². The van der Waals surface area contributed by atoms with E-state index in [9.17, 15) is 9.59 Å². The molecule has 1 aliphatic rings. The first-order valence-electron chi connectivity index (χ1n) is 10.2. The average Bonchev–Trinajstić information content (AvgIpc) is 2.76. The van der Waals surface area contributed by atoms with Crippen molar-refractivity contribution in [3.05, 3.63) is 71.8 Å². The van der Waals surface area contributed by atoms with Gasteiger partial charge >= 0.3 is 0 Å². The zero-order valence-electron chi connectivity index (χ0n) is 17.3. The van der Waals surface area contributed by atoms with Crippen LogP contribution in [0.25, 0.3) is 11.1 Å². The lowest BCUT2D eigenvalue weighted by Gasteiger charge is -2.35. The molecule has 1 heterocycles. The molecular formula is C24H27NO2S3. The molecular weight excluding hydrogens is 430 g/mol. The Morgan fingerprint density at radius 3 is 1.83 bits per heavy atom. The van der Waals surface area contributed by atoms with E-state index in [4.69, 9.17) is 0 Å². The van der Waals surface area contributed by atoms with Crippen molar-refractivity contribution in [3.63, 3.8) is 0 Å². The van der Waals surface area contributed by atoms with E-state index in [1.165, 1.54) is 23.5 Å². The molecule has 3 rings (SSSR count). The second-order valence-electron chi connectivity index (χ2n) is 6.85. The van der Waals surface area contributed by atoms with Crippen LogP contribution in [-0.4, -0.2) is 33.0 Å². The summed E-state index contributed by atoms with van der Waals surface area (Å²) in [7, 11) is 0. The van der Waals surface area contributed by atoms with Crippen LogP contribution in [-0.2, 0) is 9.59 Å². The highest BCUT2D eigenvalue weighted by atomic mass is 32.2. The number of carbonyl (C=O) groups is 2. The van der Waals surface area contributed by atoms with Gasteiger partial charge in [-0.1, -0.05) is 110 Å². The largest absolute Gasteiger partial charge is 0.287 e. The molecule has 30 heavy (non-hydrogen) atoms. The minimum atomic E-state index is -0.0932. The maximum absolute atomic E-state index is 12.5. The quantitative estimate of drug-likeness (QED) is 0.496. The van der Waals surface area contributed by atoms with Crippen LogP contribution in [0, 0.1) is 0 Å². The molecule has 2 aromatic rings. The van der Waals surface area contributed by atoms with Gasteiger partial charge in [-0.2, -0.15) is 0 Å². The van der Waals surface area contributed by atoms with Crippen molar-refractivity contribution in [3.8, 4) is 0 Å². The highest BCUT2D eigenvalue weighted by Gasteiger charge is 2.34. The zero-order chi connectivity index (χ0) is 21.3. The van der Waals surface area contributed by atoms with Crippen molar-refractivity contribution in [2.75, 3.05) is 11.5 Å². The molecule has 0 spiro atoms. The molecule has 3 nitrogen and oxygen atoms in total. The molecule has 0 fully saturated rings. The third-order valence-electron chi connectivity index (χ3n) is 4.82. The molecule has 6 heteroatoms. The Morgan fingerprint density at radius 2 is 1.30 bits per heavy atom. The molecule has 1 aliphatic heterocycles. The minimum absolute atomic E-state index is 0.000614. The summed E-state index contributed by atoms with van der Waals surface area (Å²) in [6.07, 6.45) is 0.886. The van der Waals surface area contributed by atoms with Gasteiger partial charge in [-0.3, -0.25) is 14.3 Å². The van der Waals surface area contributed by atoms with Crippen LogP contribution in [0.5, 0.6) is 0 Å². The van der Waals surface area contributed by atoms with Crippen molar-refractivity contribution in [2.45, 2.75) is 38.0 Å². The summed E-state index contributed by atoms with van der Waals surface area (Å²) in [5, 5.41) is 0.389. The van der Waals surface area contributed by atoms with Crippen LogP contribution in [0.4, 0.5) is 0 Å². The number of benzene rings is 2. The van der Waals surface area contributed by atoms with Gasteiger partial charge in [0.05, 0.1) is 11.3 Å². The molecule has 158 valence electrons. The van der Waals surface area contributed by atoms with Gasteiger partial charge in [0.1, 0.15) is 0 Å². The lowest BCUT2D eigenvalue weighted by Crippen LogP contribution is -2.36. The average molecular weight is 458 g/mol. The fourth-order valence-corrected chi connectivity index (χ4v) is 6.09. The number of hydrogen-bond donors (Lipinski definition) is 1. The third kappa shape index (κ3) is 6.03. The maximum Gasteiger partial charge on any atom is 0.190 e. The summed E-state index contributed by atoms with van der Waals surface area (Å²) in [5.74, 6) is 1.56. The SMILES string of the molecule is CCSC(=O)CC1NSC(CC(=O)SCC)C(c2ccccc2)=C1c1ccccc1. The second kappa shape index (κ2) is 11.8. The number of carbonyl (C=O) groups excluding carboxylic acids is 2. The van der Waals surface area contributed by atoms with Crippen molar-refractivity contribution in [1.29, 1.82) is 0 Å². The van der Waals surface area contributed by atoms with Crippen molar-refractivity contribution < 1.29 is 9.59 Å². The van der Waals surface area contributed by atoms with E-state index in [2.05, 4.69) is 29.0 Å². The van der Waals surface area contributed by atoms with E-state index in [0.29, 0.717) is 12.8 Å². The Balaban J connectivity index is 2.11. The topological polar surface area (TPSA) is 46.2 Å². The molecule has 0 saturated carbocycles. The lowest BCUT2D eigenvalue weighted by molar-refractivity contribution is -0.111. The minimum Gasteiger partial charge on any atom is -0.287 e. The van der Waals surface area contributed by atoms with Gasteiger partial charge in [0.15, 0.2) is 10.2 Å². The van der Waals surface area contributed by atoms with Gasteiger partial charge in [0, 0.05) is 12.8 Å². The molecule has 0 aliphatic carbocycles. The Kier molecular flexibility index (Phi) is 9.12. The summed E-state index contributed by atoms with van der Waals surface area (Å²) < 4.78 is 3.52. The predicted octanol–water partition coefficient (Wildman–Crippen LogP) is 5.93. The highest BCUT2D eigenvalue weighted by Crippen LogP contribution is 2.43. The number of nitrogens with one attached hydrogen (secondary N) is 1. The van der Waals surface area contributed by atoms with E-state index in [-0.39, 0.29) is 21.5 Å². The Hall–Kier alpha value is -1.47. The van der Waals surface area contributed by atoms with Gasteiger partial charge in [-0.05, 0) is 33.8 Å². The molecule has 2 aromatic carbocycles. The molecule has 0 aromatic heterocycles. The van der Waals surface area contributed by atoms with E-state index in [1.54, 1.807) is 11.9 Å². The smallest absolute Gasteiger partial charge is 0.190 e. The molecule has 1 N–H and O–H groups in total. The molecule has 0 amide bonds. The first-order chi connectivity index (χ1) is 14.6. The first-order valence-corrected chi connectivity index (χ1v) is 13.1. The summed E-state index contributed by atoms with van der Waals surface area (Å²) in [4.78, 5) is 25.0. The van der Waals surface area contributed by atoms with Crippen LogP contribution < -0.4 is 4.72 Å². The van der Waals surface area contributed by atoms with E-state index in [1.807, 2.05) is 50.2 Å². The number of rotatable bonds is 8. The second-order valence-corrected chi connectivity index (χ2v) is 10.5. The monoisotopic (exact) mass is 457 g/mol. The number of thioether (sulfide) groups is 2. The first kappa shape index (κ1) is 23.2. The van der Waals surface area contributed by atoms with Crippen LogP contribution >= 0.6 is 35.5 Å². The van der Waals surface area contributed by atoms with E-state index < -0.39 is 0 Å². The van der Waals surface area contributed by atoms with Crippen molar-refractivity contribution in [2.24, 2.45) is 0 Å². The Bertz CT molecular complexity index is 810. The van der Waals surface area contributed by atoms with Crippen LogP contribution in [0.1, 0.15) is 37.8 Å². The molecule has 0 bridgehead atoms. The Morgan fingerprint density at radius 1 is 0.800 bits per heavy atom. The van der Waals surface area contributed by atoms with Gasteiger partial charge in [0.2, 0.25) is 0 Å². The summed E-state index contributed by atoms with van der Waals surface area (Å²) >= 11 is 4.33. The normalized spacial score (nSPS) is 19.0. The van der Waals surface area contributed by atoms with E-state index in [0.717, 1.165) is 33.8 Å². The lowest BCUT2D eigenvalue weighted by atomic mass is 9.86. The fourth-order valence-electron chi connectivity index (χ4n) is 3.62. The van der Waals surface area contributed by atoms with Gasteiger partial charge in [0.25, 0.3) is 0 Å². The molecule has 2 atom stereocenters. The van der Waals surface area contributed by atoms with Gasteiger partial charge in [-0.15, -0.1) is 0 Å². The van der Waals surface area contributed by atoms with Crippen LogP contribution in [0.15, 0.2) is 60.7 Å². The predicted molar refractivity (Wildman–Crippen MR) is 134 cm³/mol. The van der Waals surface area contributed by atoms with Crippen molar-refractivity contribution >= 4 is 56.8 Å². The van der Waals surface area contributed by atoms with Gasteiger partial charge in [-0.25, -0.2) is 0 Å². The maximum atomic E-state index is 12.5. The third-order valence-corrected chi connectivity index (χ3v) is 7.48. The van der Waals surface area contributed by atoms with Crippen LogP contribution in [0.2, 0.25) is 0 Å². The van der Waals surface area contributed by atoms with Crippen molar-refractivity contribution in [1.82, 2.24) is 4.72 Å².